The van der Waals surface area contributed by atoms with Crippen molar-refractivity contribution in [2.24, 2.45) is 0 Å². The minimum absolute atomic E-state index is 0.532. The molecular formula is C13H24N4O. The summed E-state index contributed by atoms with van der Waals surface area (Å²) in [5.74, 6) is 1.75. The van der Waals surface area contributed by atoms with Gasteiger partial charge in [-0.05, 0) is 20.3 Å². The monoisotopic (exact) mass is 252 g/mol. The molecule has 5 heteroatoms. The molecule has 0 aliphatic carbocycles. The zero-order valence-corrected chi connectivity index (χ0v) is 12.0. The quantitative estimate of drug-likeness (QED) is 0.806. The van der Waals surface area contributed by atoms with Crippen LogP contribution in [0.2, 0.25) is 0 Å². The second-order valence-corrected chi connectivity index (χ2v) is 5.19. The molecule has 0 saturated carbocycles. The van der Waals surface area contributed by atoms with Gasteiger partial charge >= 0.3 is 0 Å². The second kappa shape index (κ2) is 6.00. The summed E-state index contributed by atoms with van der Waals surface area (Å²) in [5, 5.41) is 13.0. The Morgan fingerprint density at radius 2 is 2.06 bits per heavy atom. The number of rotatable bonds is 6. The van der Waals surface area contributed by atoms with Crippen LogP contribution in [0.25, 0.3) is 0 Å². The number of anilines is 2. The van der Waals surface area contributed by atoms with Crippen LogP contribution in [0.4, 0.5) is 11.6 Å². The van der Waals surface area contributed by atoms with Gasteiger partial charge in [-0.15, -0.1) is 0 Å². The summed E-state index contributed by atoms with van der Waals surface area (Å²) < 4.78 is 0. The van der Waals surface area contributed by atoms with Gasteiger partial charge in [0.15, 0.2) is 0 Å². The van der Waals surface area contributed by atoms with Crippen molar-refractivity contribution >= 4 is 11.6 Å². The van der Waals surface area contributed by atoms with E-state index in [0.29, 0.717) is 6.54 Å². The molecular weight excluding hydrogens is 228 g/mol. The molecule has 0 unspecified atom stereocenters. The predicted molar refractivity (Wildman–Crippen MR) is 75.1 cm³/mol. The number of aromatic nitrogens is 2. The molecule has 0 saturated heterocycles. The van der Waals surface area contributed by atoms with Gasteiger partial charge in [-0.2, -0.15) is 0 Å². The zero-order chi connectivity index (χ0) is 13.8. The Labute approximate surface area is 109 Å². The molecule has 0 aromatic carbocycles. The van der Waals surface area contributed by atoms with E-state index >= 15 is 0 Å². The molecule has 1 heterocycles. The smallest absolute Gasteiger partial charge is 0.137 e. The van der Waals surface area contributed by atoms with E-state index in [2.05, 4.69) is 22.2 Å². The number of likely N-dealkylation sites (N-methyl/N-ethyl adjacent to an activating group) is 1. The predicted octanol–water partition coefficient (Wildman–Crippen LogP) is 1.68. The fraction of sp³-hybridized carbons (Fsp3) is 0.692. The fourth-order valence-electron chi connectivity index (χ4n) is 2.08. The Hall–Kier alpha value is -1.36. The molecule has 102 valence electrons. The highest BCUT2D eigenvalue weighted by atomic mass is 16.3. The van der Waals surface area contributed by atoms with E-state index < -0.39 is 5.60 Å². The maximum atomic E-state index is 9.90. The van der Waals surface area contributed by atoms with E-state index in [1.54, 1.807) is 20.2 Å². The summed E-state index contributed by atoms with van der Waals surface area (Å²) in [4.78, 5) is 10.6. The van der Waals surface area contributed by atoms with Gasteiger partial charge < -0.3 is 15.3 Å². The molecule has 0 atom stereocenters. The van der Waals surface area contributed by atoms with Crippen LogP contribution in [0.15, 0.2) is 6.33 Å². The molecule has 0 radical (unpaired) electrons. The van der Waals surface area contributed by atoms with Crippen LogP contribution < -0.4 is 10.2 Å². The van der Waals surface area contributed by atoms with Crippen molar-refractivity contribution in [3.05, 3.63) is 11.9 Å². The van der Waals surface area contributed by atoms with Gasteiger partial charge in [-0.1, -0.05) is 13.3 Å². The molecule has 0 bridgehead atoms. The summed E-state index contributed by atoms with van der Waals surface area (Å²) in [6.07, 6.45) is 3.51. The lowest BCUT2D eigenvalue weighted by Crippen LogP contribution is -2.37. The number of hydrogen-bond donors (Lipinski definition) is 2. The molecule has 2 N–H and O–H groups in total. The van der Waals surface area contributed by atoms with Crippen LogP contribution in [-0.4, -0.2) is 41.3 Å². The Kier molecular flexibility index (Phi) is 4.90. The topological polar surface area (TPSA) is 61.3 Å². The van der Waals surface area contributed by atoms with Gasteiger partial charge in [0.05, 0.1) is 5.60 Å². The highest BCUT2D eigenvalue weighted by molar-refractivity contribution is 5.58. The van der Waals surface area contributed by atoms with Gasteiger partial charge in [-0.3, -0.25) is 0 Å². The van der Waals surface area contributed by atoms with Crippen molar-refractivity contribution in [1.29, 1.82) is 0 Å². The molecule has 1 rings (SSSR count). The molecule has 18 heavy (non-hydrogen) atoms. The Balaban J connectivity index is 3.06. The first-order valence-electron chi connectivity index (χ1n) is 6.34. The minimum Gasteiger partial charge on any atom is -0.389 e. The van der Waals surface area contributed by atoms with E-state index in [4.69, 9.17) is 0 Å². The number of aliphatic hydroxyl groups is 1. The number of nitrogens with zero attached hydrogens (tertiary/aromatic N) is 3. The lowest BCUT2D eigenvalue weighted by molar-refractivity contribution is 0.0884. The normalized spacial score (nSPS) is 11.4. The second-order valence-electron chi connectivity index (χ2n) is 5.19. The van der Waals surface area contributed by atoms with Crippen molar-refractivity contribution in [3.63, 3.8) is 0 Å². The van der Waals surface area contributed by atoms with E-state index in [-0.39, 0.29) is 0 Å². The van der Waals surface area contributed by atoms with Crippen molar-refractivity contribution in [2.45, 2.75) is 39.2 Å². The molecule has 0 fully saturated rings. The van der Waals surface area contributed by atoms with E-state index in [1.165, 1.54) is 0 Å². The Morgan fingerprint density at radius 3 is 2.56 bits per heavy atom. The maximum Gasteiger partial charge on any atom is 0.137 e. The molecule has 5 nitrogen and oxygen atoms in total. The highest BCUT2D eigenvalue weighted by Crippen LogP contribution is 2.24. The van der Waals surface area contributed by atoms with Gasteiger partial charge in [0.1, 0.15) is 18.0 Å². The van der Waals surface area contributed by atoms with Crippen LogP contribution in [-0.2, 0) is 6.42 Å². The van der Waals surface area contributed by atoms with Gasteiger partial charge in [-0.25, -0.2) is 9.97 Å². The Morgan fingerprint density at radius 1 is 1.39 bits per heavy atom. The van der Waals surface area contributed by atoms with Gasteiger partial charge in [0.25, 0.3) is 0 Å². The summed E-state index contributed by atoms with van der Waals surface area (Å²) in [6.45, 7) is 6.25. The summed E-state index contributed by atoms with van der Waals surface area (Å²) in [7, 11) is 3.81. The van der Waals surface area contributed by atoms with E-state index in [1.807, 2.05) is 19.0 Å². The molecule has 0 aliphatic rings. The highest BCUT2D eigenvalue weighted by Gasteiger charge is 2.20. The third-order valence-electron chi connectivity index (χ3n) is 2.65. The third kappa shape index (κ3) is 3.84. The molecule has 0 amide bonds. The first-order chi connectivity index (χ1) is 8.39. The summed E-state index contributed by atoms with van der Waals surface area (Å²) >= 11 is 0. The van der Waals surface area contributed by atoms with Crippen LogP contribution in [0, 0.1) is 0 Å². The molecule has 1 aromatic heterocycles. The van der Waals surface area contributed by atoms with Gasteiger partial charge in [0.2, 0.25) is 0 Å². The van der Waals surface area contributed by atoms with Crippen LogP contribution in [0.1, 0.15) is 32.8 Å². The van der Waals surface area contributed by atoms with Crippen LogP contribution in [0.5, 0.6) is 0 Å². The van der Waals surface area contributed by atoms with Crippen LogP contribution in [0.3, 0.4) is 0 Å². The third-order valence-corrected chi connectivity index (χ3v) is 2.65. The van der Waals surface area contributed by atoms with Crippen molar-refractivity contribution in [1.82, 2.24) is 9.97 Å². The zero-order valence-electron chi connectivity index (χ0n) is 12.0. The van der Waals surface area contributed by atoms with E-state index in [9.17, 15) is 5.11 Å². The van der Waals surface area contributed by atoms with Crippen molar-refractivity contribution in [2.75, 3.05) is 30.9 Å². The molecule has 0 spiro atoms. The first kappa shape index (κ1) is 14.7. The Bertz CT molecular complexity index is 387. The molecule has 1 aromatic rings. The van der Waals surface area contributed by atoms with E-state index in [0.717, 1.165) is 30.0 Å². The number of hydrogen-bond acceptors (Lipinski definition) is 5. The van der Waals surface area contributed by atoms with Crippen molar-refractivity contribution in [3.8, 4) is 0 Å². The average molecular weight is 252 g/mol. The van der Waals surface area contributed by atoms with Crippen molar-refractivity contribution < 1.29 is 5.11 Å². The summed E-state index contributed by atoms with van der Waals surface area (Å²) in [5.41, 5.74) is 0.359. The maximum absolute atomic E-state index is 9.90. The SMILES string of the molecule is CCCc1c(NC)ncnc1N(C)CC(C)(C)O. The average Bonchev–Trinajstić information content (AvgIpc) is 2.27. The largest absolute Gasteiger partial charge is 0.389 e. The number of nitrogens with one attached hydrogen (secondary N) is 1. The standard InChI is InChI=1S/C13H24N4O/c1-6-7-10-11(14-4)15-9-16-12(10)17(5)8-13(2,3)18/h9,18H,6-8H2,1-5H3,(H,14,15,16). The fourth-order valence-corrected chi connectivity index (χ4v) is 2.08. The first-order valence-corrected chi connectivity index (χ1v) is 6.34. The minimum atomic E-state index is -0.747. The van der Waals surface area contributed by atoms with Gasteiger partial charge in [0, 0.05) is 26.2 Å². The molecule has 0 aliphatic heterocycles. The summed E-state index contributed by atoms with van der Waals surface area (Å²) in [6, 6.07) is 0. The lowest BCUT2D eigenvalue weighted by Gasteiger charge is -2.28. The lowest BCUT2D eigenvalue weighted by atomic mass is 10.1. The van der Waals surface area contributed by atoms with Crippen LogP contribution >= 0.6 is 0 Å².